The Bertz CT molecular complexity index is 973. The van der Waals surface area contributed by atoms with E-state index in [-0.39, 0.29) is 23.9 Å². The second-order valence-electron chi connectivity index (χ2n) is 8.58. The number of piperazine rings is 1. The number of hydrazine groups is 1. The highest BCUT2D eigenvalue weighted by atomic mass is 79.9. The lowest BCUT2D eigenvalue weighted by Crippen LogP contribution is -2.54. The van der Waals surface area contributed by atoms with Gasteiger partial charge in [-0.15, -0.1) is 0 Å². The van der Waals surface area contributed by atoms with Crippen molar-refractivity contribution >= 4 is 33.4 Å². The van der Waals surface area contributed by atoms with Crippen molar-refractivity contribution in [1.29, 1.82) is 0 Å². The highest BCUT2D eigenvalue weighted by molar-refractivity contribution is 9.10. The van der Waals surface area contributed by atoms with Crippen molar-refractivity contribution in [3.63, 3.8) is 0 Å². The van der Waals surface area contributed by atoms with Crippen molar-refractivity contribution in [3.05, 3.63) is 63.6 Å². The Morgan fingerprint density at radius 2 is 1.75 bits per heavy atom. The molecule has 4 rings (SSSR count). The Balaban J connectivity index is 1.24. The molecule has 170 valence electrons. The van der Waals surface area contributed by atoms with Gasteiger partial charge in [0.1, 0.15) is 6.04 Å². The lowest BCUT2D eigenvalue weighted by Gasteiger charge is -2.35. The largest absolute Gasteiger partial charge is 0.339 e. The van der Waals surface area contributed by atoms with Crippen LogP contribution in [0, 0.1) is 13.8 Å². The quantitative estimate of drug-likeness (QED) is 0.589. The van der Waals surface area contributed by atoms with Crippen molar-refractivity contribution in [2.75, 3.05) is 38.0 Å². The van der Waals surface area contributed by atoms with Crippen molar-refractivity contribution in [2.24, 2.45) is 0 Å². The first-order valence-corrected chi connectivity index (χ1v) is 11.8. The van der Waals surface area contributed by atoms with Gasteiger partial charge in [-0.05, 0) is 55.2 Å². The fourth-order valence-electron chi connectivity index (χ4n) is 4.26. The van der Waals surface area contributed by atoms with Crippen molar-refractivity contribution < 1.29 is 9.59 Å². The van der Waals surface area contributed by atoms with Crippen LogP contribution >= 0.6 is 15.9 Å². The Morgan fingerprint density at radius 3 is 2.47 bits per heavy atom. The fourth-order valence-corrected chi connectivity index (χ4v) is 4.52. The lowest BCUT2D eigenvalue weighted by atomic mass is 10.0. The number of aryl methyl sites for hydroxylation is 1. The van der Waals surface area contributed by atoms with Gasteiger partial charge in [-0.2, -0.15) is 0 Å². The lowest BCUT2D eigenvalue weighted by molar-refractivity contribution is -0.135. The molecule has 8 heteroatoms. The number of carbonyl (C=O) groups is 2. The van der Waals surface area contributed by atoms with Crippen molar-refractivity contribution in [3.8, 4) is 0 Å². The zero-order valence-electron chi connectivity index (χ0n) is 18.5. The summed E-state index contributed by atoms with van der Waals surface area (Å²) in [4.78, 5) is 29.5. The number of hydrogen-bond donors (Lipinski definition) is 3. The van der Waals surface area contributed by atoms with E-state index in [1.165, 1.54) is 0 Å². The topological polar surface area (TPSA) is 76.7 Å². The summed E-state index contributed by atoms with van der Waals surface area (Å²) < 4.78 is 1.04. The van der Waals surface area contributed by atoms with Gasteiger partial charge in [-0.3, -0.25) is 14.5 Å². The molecular weight excluding hydrogens is 470 g/mol. The molecule has 2 fully saturated rings. The molecule has 0 bridgehead atoms. The first kappa shape index (κ1) is 22.9. The van der Waals surface area contributed by atoms with Crippen LogP contribution in [0.25, 0.3) is 0 Å². The third kappa shape index (κ3) is 5.38. The predicted molar refractivity (Wildman–Crippen MR) is 129 cm³/mol. The molecule has 3 N–H and O–H groups in total. The highest BCUT2D eigenvalue weighted by Gasteiger charge is 2.34. The molecular formula is C24H30BrN5O2. The maximum absolute atomic E-state index is 13.0. The molecule has 2 aliphatic heterocycles. The molecule has 2 aliphatic rings. The fraction of sp³-hybridized carbons (Fsp3) is 0.417. The van der Waals surface area contributed by atoms with Crippen LogP contribution in [0.3, 0.4) is 0 Å². The molecule has 0 saturated carbocycles. The van der Waals surface area contributed by atoms with E-state index < -0.39 is 0 Å². The molecule has 0 spiro atoms. The van der Waals surface area contributed by atoms with E-state index in [2.05, 4.69) is 49.1 Å². The zero-order valence-corrected chi connectivity index (χ0v) is 20.1. The number of benzene rings is 2. The van der Waals surface area contributed by atoms with Gasteiger partial charge < -0.3 is 10.2 Å². The van der Waals surface area contributed by atoms with Gasteiger partial charge in [-0.25, -0.2) is 10.9 Å². The van der Waals surface area contributed by atoms with E-state index in [0.717, 1.165) is 33.3 Å². The first-order valence-electron chi connectivity index (χ1n) is 11.0. The monoisotopic (exact) mass is 499 g/mol. The van der Waals surface area contributed by atoms with Crippen LogP contribution in [0.5, 0.6) is 0 Å². The minimum atomic E-state index is -0.234. The molecule has 2 atom stereocenters. The van der Waals surface area contributed by atoms with E-state index in [1.807, 2.05) is 49.1 Å². The predicted octanol–water partition coefficient (Wildman–Crippen LogP) is 2.76. The second kappa shape index (κ2) is 10.1. The summed E-state index contributed by atoms with van der Waals surface area (Å²) in [7, 11) is 0. The smallest absolute Gasteiger partial charge is 0.241 e. The van der Waals surface area contributed by atoms with Gasteiger partial charge in [0.2, 0.25) is 11.8 Å². The third-order valence-corrected chi connectivity index (χ3v) is 6.93. The van der Waals surface area contributed by atoms with Gasteiger partial charge in [0.15, 0.2) is 0 Å². The van der Waals surface area contributed by atoms with Crippen LogP contribution in [0.15, 0.2) is 46.9 Å². The molecule has 7 nitrogen and oxygen atoms in total. The Morgan fingerprint density at radius 1 is 1.03 bits per heavy atom. The highest BCUT2D eigenvalue weighted by Crippen LogP contribution is 2.25. The molecule has 2 aromatic rings. The summed E-state index contributed by atoms with van der Waals surface area (Å²) in [6.45, 7) is 7.06. The van der Waals surface area contributed by atoms with E-state index in [4.69, 9.17) is 0 Å². The van der Waals surface area contributed by atoms with Crippen molar-refractivity contribution in [2.45, 2.75) is 32.4 Å². The van der Waals surface area contributed by atoms with Crippen LogP contribution in [0.1, 0.15) is 29.2 Å². The van der Waals surface area contributed by atoms with E-state index in [9.17, 15) is 9.59 Å². The van der Waals surface area contributed by atoms with Gasteiger partial charge in [0, 0.05) is 42.4 Å². The Labute approximate surface area is 197 Å². The number of nitrogens with one attached hydrogen (secondary N) is 3. The van der Waals surface area contributed by atoms with Gasteiger partial charge in [0.25, 0.3) is 0 Å². The van der Waals surface area contributed by atoms with Crippen LogP contribution in [-0.4, -0.2) is 60.4 Å². The van der Waals surface area contributed by atoms with E-state index in [0.29, 0.717) is 32.7 Å². The van der Waals surface area contributed by atoms with Gasteiger partial charge in [0.05, 0.1) is 6.54 Å². The summed E-state index contributed by atoms with van der Waals surface area (Å²) in [6.07, 6.45) is 0.721. The Hall–Kier alpha value is -2.26. The number of carbonyl (C=O) groups excluding carboxylic acids is 2. The van der Waals surface area contributed by atoms with Gasteiger partial charge in [-0.1, -0.05) is 40.2 Å². The van der Waals surface area contributed by atoms with Crippen LogP contribution < -0.4 is 16.2 Å². The minimum Gasteiger partial charge on any atom is -0.339 e. The van der Waals surface area contributed by atoms with Crippen LogP contribution in [-0.2, 0) is 9.59 Å². The standard InChI is InChI=1S/C24H30BrN5O2/c1-16-4-3-5-20(17(16)2)26-23(31)15-29-10-12-30(13-11-29)24(32)22-14-21(27-28-22)18-6-8-19(25)9-7-18/h3-9,21-22,27-28H,10-15H2,1-2H3,(H,26,31). The number of nitrogens with zero attached hydrogens (tertiary/aromatic N) is 2. The Kier molecular flexibility index (Phi) is 7.25. The first-order chi connectivity index (χ1) is 15.4. The molecule has 0 aliphatic carbocycles. The van der Waals surface area contributed by atoms with Crippen LogP contribution in [0.4, 0.5) is 5.69 Å². The SMILES string of the molecule is Cc1cccc(NC(=O)CN2CCN(C(=O)C3CC(c4ccc(Br)cc4)NN3)CC2)c1C. The number of hydrogen-bond acceptors (Lipinski definition) is 5. The molecule has 2 heterocycles. The third-order valence-electron chi connectivity index (χ3n) is 6.40. The molecule has 2 unspecified atom stereocenters. The minimum absolute atomic E-state index is 0.0162. The number of halogens is 1. The molecule has 2 saturated heterocycles. The van der Waals surface area contributed by atoms with Crippen LogP contribution in [0.2, 0.25) is 0 Å². The maximum Gasteiger partial charge on any atom is 0.241 e. The maximum atomic E-state index is 13.0. The van der Waals surface area contributed by atoms with Crippen molar-refractivity contribution in [1.82, 2.24) is 20.7 Å². The molecule has 0 aromatic heterocycles. The van der Waals surface area contributed by atoms with Gasteiger partial charge >= 0.3 is 0 Å². The summed E-state index contributed by atoms with van der Waals surface area (Å²) in [6, 6.07) is 14.0. The molecule has 2 aromatic carbocycles. The summed E-state index contributed by atoms with van der Waals surface area (Å²) in [5.74, 6) is 0.106. The second-order valence-corrected chi connectivity index (χ2v) is 9.49. The number of rotatable bonds is 5. The zero-order chi connectivity index (χ0) is 22.7. The molecule has 2 amide bonds. The average molecular weight is 500 g/mol. The average Bonchev–Trinajstić information content (AvgIpc) is 3.28. The molecule has 0 radical (unpaired) electrons. The summed E-state index contributed by atoms with van der Waals surface area (Å²) >= 11 is 3.46. The number of anilines is 1. The molecule has 32 heavy (non-hydrogen) atoms. The number of amides is 2. The summed E-state index contributed by atoms with van der Waals surface area (Å²) in [5, 5.41) is 3.02. The normalized spacial score (nSPS) is 21.5. The summed E-state index contributed by atoms with van der Waals surface area (Å²) in [5.41, 5.74) is 10.7. The van der Waals surface area contributed by atoms with E-state index >= 15 is 0 Å². The van der Waals surface area contributed by atoms with E-state index in [1.54, 1.807) is 0 Å².